The van der Waals surface area contributed by atoms with Crippen LogP contribution in [0.4, 0.5) is 0 Å². The molecule has 0 saturated carbocycles. The summed E-state index contributed by atoms with van der Waals surface area (Å²) in [5.41, 5.74) is 5.36. The molecule has 5 nitrogen and oxygen atoms in total. The Kier molecular flexibility index (Phi) is 9.21. The summed E-state index contributed by atoms with van der Waals surface area (Å²) in [6.07, 6.45) is 3.76. The third-order valence-electron chi connectivity index (χ3n) is 2.24. The van der Waals surface area contributed by atoms with E-state index < -0.39 is 0 Å². The van der Waals surface area contributed by atoms with Gasteiger partial charge in [-0.3, -0.25) is 0 Å². The first-order valence-electron chi connectivity index (χ1n) is 5.34. The van der Waals surface area contributed by atoms with Crippen molar-refractivity contribution in [1.82, 2.24) is 4.90 Å². The summed E-state index contributed by atoms with van der Waals surface area (Å²) >= 11 is 0. The van der Waals surface area contributed by atoms with Crippen molar-refractivity contribution in [3.05, 3.63) is 0 Å². The Hall–Kier alpha value is -0.810. The first-order valence-corrected chi connectivity index (χ1v) is 5.34. The van der Waals surface area contributed by atoms with Crippen molar-refractivity contribution in [3.63, 3.8) is 0 Å². The zero-order valence-corrected chi connectivity index (χ0v) is 9.78. The van der Waals surface area contributed by atoms with Gasteiger partial charge in [-0.1, -0.05) is 5.16 Å². The second kappa shape index (κ2) is 9.73. The molecule has 0 rings (SSSR count). The van der Waals surface area contributed by atoms with Crippen molar-refractivity contribution in [3.8, 4) is 0 Å². The highest BCUT2D eigenvalue weighted by atomic mass is 16.5. The normalized spacial score (nSPS) is 12.3. The lowest BCUT2D eigenvalue weighted by Crippen LogP contribution is -2.22. The number of hydrogen-bond donors (Lipinski definition) is 2. The largest absolute Gasteiger partial charge is 0.409 e. The van der Waals surface area contributed by atoms with E-state index in [0.717, 1.165) is 39.0 Å². The van der Waals surface area contributed by atoms with Crippen LogP contribution >= 0.6 is 0 Å². The first-order chi connectivity index (χ1) is 7.20. The van der Waals surface area contributed by atoms with Crippen molar-refractivity contribution >= 4 is 5.84 Å². The van der Waals surface area contributed by atoms with E-state index >= 15 is 0 Å². The maximum absolute atomic E-state index is 8.33. The molecule has 0 amide bonds. The van der Waals surface area contributed by atoms with Gasteiger partial charge < -0.3 is 20.6 Å². The number of hydrogen-bond acceptors (Lipinski definition) is 4. The summed E-state index contributed by atoms with van der Waals surface area (Å²) in [6.45, 7) is 2.91. The summed E-state index contributed by atoms with van der Waals surface area (Å²) in [7, 11) is 3.82. The van der Waals surface area contributed by atoms with Crippen LogP contribution in [0.25, 0.3) is 0 Å². The summed E-state index contributed by atoms with van der Waals surface area (Å²) < 4.78 is 4.98. The highest BCUT2D eigenvalue weighted by Crippen LogP contribution is 1.98. The first kappa shape index (κ1) is 14.2. The molecule has 15 heavy (non-hydrogen) atoms. The molecule has 5 heteroatoms. The lowest BCUT2D eigenvalue weighted by atomic mass is 10.2. The molecule has 0 bridgehead atoms. The molecule has 3 N–H and O–H groups in total. The number of methoxy groups -OCH3 is 1. The lowest BCUT2D eigenvalue weighted by molar-refractivity contribution is 0.179. The molecular formula is C10H23N3O2. The quantitative estimate of drug-likeness (QED) is 0.198. The van der Waals surface area contributed by atoms with Crippen molar-refractivity contribution in [1.29, 1.82) is 0 Å². The number of oxime groups is 1. The Balaban J connectivity index is 3.27. The number of rotatable bonds is 9. The molecule has 0 aromatic rings. The number of nitrogens with two attached hydrogens (primary N) is 1. The molecule has 90 valence electrons. The molecule has 0 aliphatic carbocycles. The van der Waals surface area contributed by atoms with Crippen LogP contribution in [0.1, 0.15) is 25.7 Å². The Morgan fingerprint density at radius 2 is 2.00 bits per heavy atom. The molecule has 0 unspecified atom stereocenters. The monoisotopic (exact) mass is 217 g/mol. The lowest BCUT2D eigenvalue weighted by Gasteiger charge is -2.15. The maximum Gasteiger partial charge on any atom is 0.139 e. The van der Waals surface area contributed by atoms with Gasteiger partial charge in [0.15, 0.2) is 0 Å². The van der Waals surface area contributed by atoms with Crippen LogP contribution in [-0.4, -0.2) is 49.8 Å². The standard InChI is InChI=1S/C10H23N3O2/c1-13(8-5-9-15-2)7-4-3-6-10(11)12-14/h14H,3-9H2,1-2H3,(H2,11,12). The van der Waals surface area contributed by atoms with Gasteiger partial charge in [0, 0.05) is 26.7 Å². The summed E-state index contributed by atoms with van der Waals surface area (Å²) in [4.78, 5) is 2.27. The average Bonchev–Trinajstić information content (AvgIpc) is 2.24. The molecular weight excluding hydrogens is 194 g/mol. The minimum absolute atomic E-state index is 0.317. The molecule has 0 saturated heterocycles. The zero-order valence-electron chi connectivity index (χ0n) is 9.78. The number of ether oxygens (including phenoxy) is 1. The summed E-state index contributed by atoms with van der Waals surface area (Å²) in [6, 6.07) is 0. The van der Waals surface area contributed by atoms with Crippen molar-refractivity contribution in [2.75, 3.05) is 33.9 Å². The Morgan fingerprint density at radius 1 is 1.33 bits per heavy atom. The highest BCUT2D eigenvalue weighted by Gasteiger charge is 1.99. The van der Waals surface area contributed by atoms with Crippen LogP contribution in [0.3, 0.4) is 0 Å². The van der Waals surface area contributed by atoms with Crippen LogP contribution in [0.2, 0.25) is 0 Å². The third-order valence-corrected chi connectivity index (χ3v) is 2.24. The van der Waals surface area contributed by atoms with Gasteiger partial charge in [0.05, 0.1) is 0 Å². The second-order valence-corrected chi connectivity index (χ2v) is 3.70. The zero-order chi connectivity index (χ0) is 11.5. The minimum atomic E-state index is 0.317. The predicted octanol–water partition coefficient (Wildman–Crippen LogP) is 0.871. The molecule has 0 radical (unpaired) electrons. The number of nitrogens with zero attached hydrogens (tertiary/aromatic N) is 2. The van der Waals surface area contributed by atoms with E-state index in [9.17, 15) is 0 Å². The second-order valence-electron chi connectivity index (χ2n) is 3.70. The topological polar surface area (TPSA) is 71.1 Å². The predicted molar refractivity (Wildman–Crippen MR) is 61.2 cm³/mol. The Bertz CT molecular complexity index is 174. The Labute approximate surface area is 91.9 Å². The van der Waals surface area contributed by atoms with Gasteiger partial charge in [-0.15, -0.1) is 0 Å². The van der Waals surface area contributed by atoms with Crippen LogP contribution in [0, 0.1) is 0 Å². The van der Waals surface area contributed by atoms with Crippen molar-refractivity contribution in [2.45, 2.75) is 25.7 Å². The Morgan fingerprint density at radius 3 is 2.60 bits per heavy atom. The molecule has 0 fully saturated rings. The van der Waals surface area contributed by atoms with E-state index in [2.05, 4.69) is 17.1 Å². The number of amidine groups is 1. The van der Waals surface area contributed by atoms with Crippen LogP contribution in [0.15, 0.2) is 5.16 Å². The van der Waals surface area contributed by atoms with E-state index in [1.807, 2.05) is 0 Å². The molecule has 0 aliphatic heterocycles. The van der Waals surface area contributed by atoms with Crippen LogP contribution < -0.4 is 5.73 Å². The van der Waals surface area contributed by atoms with Gasteiger partial charge in [-0.05, 0) is 32.9 Å². The summed E-state index contributed by atoms with van der Waals surface area (Å²) in [5, 5.41) is 11.3. The van der Waals surface area contributed by atoms with E-state index in [1.165, 1.54) is 0 Å². The summed E-state index contributed by atoms with van der Waals surface area (Å²) in [5.74, 6) is 0.317. The number of unbranched alkanes of at least 4 members (excludes halogenated alkanes) is 1. The van der Waals surface area contributed by atoms with E-state index in [4.69, 9.17) is 15.7 Å². The van der Waals surface area contributed by atoms with Gasteiger partial charge >= 0.3 is 0 Å². The van der Waals surface area contributed by atoms with E-state index in [1.54, 1.807) is 7.11 Å². The molecule has 0 aliphatic rings. The van der Waals surface area contributed by atoms with Crippen LogP contribution in [-0.2, 0) is 4.74 Å². The van der Waals surface area contributed by atoms with Gasteiger partial charge in [0.25, 0.3) is 0 Å². The van der Waals surface area contributed by atoms with Gasteiger partial charge in [0.2, 0.25) is 0 Å². The van der Waals surface area contributed by atoms with Gasteiger partial charge in [0.1, 0.15) is 5.84 Å². The average molecular weight is 217 g/mol. The minimum Gasteiger partial charge on any atom is -0.409 e. The smallest absolute Gasteiger partial charge is 0.139 e. The maximum atomic E-state index is 8.33. The van der Waals surface area contributed by atoms with Crippen molar-refractivity contribution in [2.24, 2.45) is 10.9 Å². The fourth-order valence-corrected chi connectivity index (χ4v) is 1.33. The van der Waals surface area contributed by atoms with E-state index in [-0.39, 0.29) is 0 Å². The van der Waals surface area contributed by atoms with Gasteiger partial charge in [-0.2, -0.15) is 0 Å². The molecule has 0 aromatic carbocycles. The molecule has 0 aromatic heterocycles. The molecule has 0 atom stereocenters. The molecule has 0 spiro atoms. The fraction of sp³-hybridized carbons (Fsp3) is 0.900. The fourth-order valence-electron chi connectivity index (χ4n) is 1.33. The third kappa shape index (κ3) is 9.49. The van der Waals surface area contributed by atoms with E-state index in [0.29, 0.717) is 12.3 Å². The SMILES string of the molecule is COCCCN(C)CCCCC(N)=NO. The van der Waals surface area contributed by atoms with Crippen LogP contribution in [0.5, 0.6) is 0 Å². The highest BCUT2D eigenvalue weighted by molar-refractivity contribution is 5.79. The van der Waals surface area contributed by atoms with Gasteiger partial charge in [-0.25, -0.2) is 0 Å². The van der Waals surface area contributed by atoms with Crippen molar-refractivity contribution < 1.29 is 9.94 Å². The molecule has 0 heterocycles.